The van der Waals surface area contributed by atoms with Gasteiger partial charge >= 0.3 is 0 Å². The van der Waals surface area contributed by atoms with Crippen molar-refractivity contribution in [3.8, 4) is 0 Å². The summed E-state index contributed by atoms with van der Waals surface area (Å²) in [6, 6.07) is 10.5. The molecule has 106 valence electrons. The third-order valence-corrected chi connectivity index (χ3v) is 5.03. The fourth-order valence-electron chi connectivity index (χ4n) is 3.04. The lowest BCUT2D eigenvalue weighted by atomic mass is 9.97. The highest BCUT2D eigenvalue weighted by Crippen LogP contribution is 2.47. The van der Waals surface area contributed by atoms with Crippen LogP contribution in [0.1, 0.15) is 30.3 Å². The Morgan fingerprint density at radius 3 is 2.76 bits per heavy atom. The van der Waals surface area contributed by atoms with Crippen molar-refractivity contribution >= 4 is 16.9 Å². The first-order chi connectivity index (χ1) is 10.3. The fraction of sp³-hybridized carbons (Fsp3) is 0.312. The molecule has 21 heavy (non-hydrogen) atoms. The summed E-state index contributed by atoms with van der Waals surface area (Å²) in [5.74, 6) is 0. The van der Waals surface area contributed by atoms with E-state index in [1.54, 1.807) is 0 Å². The molecule has 2 aromatic rings. The third-order valence-electron chi connectivity index (χ3n) is 3.93. The van der Waals surface area contributed by atoms with Crippen LogP contribution in [0.5, 0.6) is 0 Å². The van der Waals surface area contributed by atoms with Gasteiger partial charge in [-0.1, -0.05) is 24.8 Å². The number of hydrogen-bond donors (Lipinski definition) is 0. The van der Waals surface area contributed by atoms with Crippen molar-refractivity contribution in [2.45, 2.75) is 24.3 Å². The number of rotatable bonds is 2. The summed E-state index contributed by atoms with van der Waals surface area (Å²) in [7, 11) is 0. The van der Waals surface area contributed by atoms with Gasteiger partial charge in [-0.25, -0.2) is 0 Å². The molecule has 0 spiro atoms. The molecular formula is C16H16N4S. The molecule has 0 saturated carbocycles. The van der Waals surface area contributed by atoms with Gasteiger partial charge in [0.25, 0.3) is 0 Å². The standard InChI is InChI=1S/C16H16N4S/c1-11-10-20-15(12-5-8-17-9-6-12)14(19-16(20)21-11)13-4-2-3-7-18-13/h2-9,11,14-15H,10H2,1H3/t11-,14-,15+/m1/s1. The Labute approximate surface area is 128 Å². The number of thioether (sulfide) groups is 1. The predicted octanol–water partition coefficient (Wildman–Crippen LogP) is 3.07. The van der Waals surface area contributed by atoms with Gasteiger partial charge in [0.2, 0.25) is 0 Å². The molecule has 0 amide bonds. The van der Waals surface area contributed by atoms with Gasteiger partial charge in [0, 0.05) is 30.4 Å². The van der Waals surface area contributed by atoms with E-state index in [0.29, 0.717) is 5.25 Å². The molecule has 4 rings (SSSR count). The molecule has 2 aromatic heterocycles. The van der Waals surface area contributed by atoms with E-state index in [2.05, 4.69) is 40.0 Å². The van der Waals surface area contributed by atoms with Crippen molar-refractivity contribution in [2.75, 3.05) is 6.54 Å². The van der Waals surface area contributed by atoms with E-state index in [1.165, 1.54) is 5.56 Å². The molecule has 0 aromatic carbocycles. The van der Waals surface area contributed by atoms with Crippen molar-refractivity contribution in [1.29, 1.82) is 0 Å². The smallest absolute Gasteiger partial charge is 0.160 e. The molecule has 0 aliphatic carbocycles. The summed E-state index contributed by atoms with van der Waals surface area (Å²) in [4.78, 5) is 16.0. The van der Waals surface area contributed by atoms with Crippen LogP contribution in [0.25, 0.3) is 0 Å². The lowest BCUT2D eigenvalue weighted by molar-refractivity contribution is 0.321. The van der Waals surface area contributed by atoms with E-state index in [-0.39, 0.29) is 12.1 Å². The Kier molecular flexibility index (Phi) is 3.15. The Bertz CT molecular complexity index is 658. The van der Waals surface area contributed by atoms with E-state index >= 15 is 0 Å². The largest absolute Gasteiger partial charge is 0.341 e. The van der Waals surface area contributed by atoms with Crippen LogP contribution in [0.4, 0.5) is 0 Å². The van der Waals surface area contributed by atoms with Gasteiger partial charge in [0.1, 0.15) is 6.04 Å². The summed E-state index contributed by atoms with van der Waals surface area (Å²) in [5.41, 5.74) is 2.29. The maximum absolute atomic E-state index is 4.95. The molecule has 4 nitrogen and oxygen atoms in total. The monoisotopic (exact) mass is 296 g/mol. The van der Waals surface area contributed by atoms with E-state index in [9.17, 15) is 0 Å². The number of aromatic nitrogens is 2. The highest BCUT2D eigenvalue weighted by atomic mass is 32.2. The number of aliphatic imine (C=N–C) groups is 1. The van der Waals surface area contributed by atoms with Crippen LogP contribution in [0, 0.1) is 0 Å². The predicted molar refractivity (Wildman–Crippen MR) is 85.2 cm³/mol. The van der Waals surface area contributed by atoms with Crippen LogP contribution in [0.2, 0.25) is 0 Å². The average molecular weight is 296 g/mol. The average Bonchev–Trinajstić information content (AvgIpc) is 3.05. The SMILES string of the molecule is C[C@@H]1CN2C(=N[C@H](c3ccccn3)[C@@H]2c2ccncc2)S1. The second-order valence-electron chi connectivity index (χ2n) is 5.42. The van der Waals surface area contributed by atoms with Crippen LogP contribution in [0.15, 0.2) is 53.9 Å². The lowest BCUT2D eigenvalue weighted by Gasteiger charge is -2.27. The summed E-state index contributed by atoms with van der Waals surface area (Å²) < 4.78 is 0. The lowest BCUT2D eigenvalue weighted by Crippen LogP contribution is -2.28. The first-order valence-electron chi connectivity index (χ1n) is 7.15. The van der Waals surface area contributed by atoms with Gasteiger partial charge in [-0.3, -0.25) is 15.0 Å². The molecule has 4 heterocycles. The third kappa shape index (κ3) is 2.21. The zero-order chi connectivity index (χ0) is 14.2. The molecule has 2 aliphatic rings. The van der Waals surface area contributed by atoms with Crippen molar-refractivity contribution in [2.24, 2.45) is 4.99 Å². The van der Waals surface area contributed by atoms with Crippen molar-refractivity contribution < 1.29 is 0 Å². The maximum Gasteiger partial charge on any atom is 0.160 e. The number of nitrogens with zero attached hydrogens (tertiary/aromatic N) is 4. The summed E-state index contributed by atoms with van der Waals surface area (Å²) >= 11 is 1.87. The van der Waals surface area contributed by atoms with Crippen LogP contribution >= 0.6 is 11.8 Å². The van der Waals surface area contributed by atoms with Crippen molar-refractivity contribution in [1.82, 2.24) is 14.9 Å². The van der Waals surface area contributed by atoms with Crippen molar-refractivity contribution in [3.63, 3.8) is 0 Å². The molecule has 3 atom stereocenters. The quantitative estimate of drug-likeness (QED) is 0.854. The number of pyridine rings is 2. The van der Waals surface area contributed by atoms with E-state index < -0.39 is 0 Å². The van der Waals surface area contributed by atoms with E-state index in [1.807, 2.05) is 42.5 Å². The van der Waals surface area contributed by atoms with Gasteiger partial charge in [-0.2, -0.15) is 0 Å². The molecule has 1 saturated heterocycles. The highest BCUT2D eigenvalue weighted by Gasteiger charge is 2.43. The normalized spacial score (nSPS) is 27.6. The van der Waals surface area contributed by atoms with Crippen LogP contribution in [-0.2, 0) is 0 Å². The summed E-state index contributed by atoms with van der Waals surface area (Å²) in [5, 5.41) is 1.75. The molecular weight excluding hydrogens is 280 g/mol. The Hall–Kier alpha value is -1.88. The minimum absolute atomic E-state index is 0.0728. The molecule has 0 radical (unpaired) electrons. The number of amidine groups is 1. The molecule has 1 fully saturated rings. The van der Waals surface area contributed by atoms with E-state index in [4.69, 9.17) is 4.99 Å². The molecule has 0 bridgehead atoms. The van der Waals surface area contributed by atoms with Gasteiger partial charge < -0.3 is 4.90 Å². The van der Waals surface area contributed by atoms with Gasteiger partial charge in [-0.05, 0) is 29.8 Å². The minimum Gasteiger partial charge on any atom is -0.341 e. The van der Waals surface area contributed by atoms with Crippen molar-refractivity contribution in [3.05, 3.63) is 60.2 Å². The second kappa shape index (κ2) is 5.15. The number of hydrogen-bond acceptors (Lipinski definition) is 5. The van der Waals surface area contributed by atoms with Crippen LogP contribution in [-0.4, -0.2) is 31.8 Å². The Morgan fingerprint density at radius 1 is 1.14 bits per heavy atom. The van der Waals surface area contributed by atoms with Crippen LogP contribution < -0.4 is 0 Å². The van der Waals surface area contributed by atoms with Gasteiger partial charge in [0.05, 0.1) is 11.7 Å². The summed E-state index contributed by atoms with van der Waals surface area (Å²) in [6.45, 7) is 3.30. The second-order valence-corrected chi connectivity index (χ2v) is 6.82. The Balaban J connectivity index is 1.77. The van der Waals surface area contributed by atoms with Crippen LogP contribution in [0.3, 0.4) is 0 Å². The molecule has 5 heteroatoms. The summed E-state index contributed by atoms with van der Waals surface area (Å²) in [6.07, 6.45) is 5.56. The highest BCUT2D eigenvalue weighted by molar-refractivity contribution is 8.14. The zero-order valence-corrected chi connectivity index (χ0v) is 12.6. The zero-order valence-electron chi connectivity index (χ0n) is 11.8. The van der Waals surface area contributed by atoms with Gasteiger partial charge in [-0.15, -0.1) is 0 Å². The fourth-order valence-corrected chi connectivity index (χ4v) is 4.13. The Morgan fingerprint density at radius 2 is 2.00 bits per heavy atom. The molecule has 2 aliphatic heterocycles. The molecule has 0 N–H and O–H groups in total. The van der Waals surface area contributed by atoms with Gasteiger partial charge in [0.15, 0.2) is 5.17 Å². The first kappa shape index (κ1) is 12.8. The first-order valence-corrected chi connectivity index (χ1v) is 8.03. The minimum atomic E-state index is 0.0728. The maximum atomic E-state index is 4.95. The van der Waals surface area contributed by atoms with E-state index in [0.717, 1.165) is 17.4 Å². The number of fused-ring (bicyclic) bond motifs is 1. The molecule has 0 unspecified atom stereocenters. The topological polar surface area (TPSA) is 41.4 Å².